The topological polar surface area (TPSA) is 129 Å². The average Bonchev–Trinajstić information content (AvgIpc) is 3.52. The van der Waals surface area contributed by atoms with Crippen LogP contribution < -0.4 is 24.4 Å². The number of carbonyl (C=O) groups excluding carboxylic acids is 2. The lowest BCUT2D eigenvalue weighted by Crippen LogP contribution is -2.36. The zero-order chi connectivity index (χ0) is 33.4. The molecule has 1 atom stereocenters. The number of hydrogen-bond acceptors (Lipinski definition) is 8. The lowest BCUT2D eigenvalue weighted by atomic mass is 10.0. The molecule has 0 aromatic heterocycles. The molecule has 1 aliphatic heterocycles. The monoisotopic (exact) mass is 696 g/mol. The molecule has 0 radical (unpaired) electrons. The van der Waals surface area contributed by atoms with E-state index in [-0.39, 0.29) is 34.8 Å². The summed E-state index contributed by atoms with van der Waals surface area (Å²) in [5.74, 6) is -0.320. The van der Waals surface area contributed by atoms with Gasteiger partial charge in [-0.15, -0.1) is 0 Å². The Labute approximate surface area is 282 Å². The van der Waals surface area contributed by atoms with Crippen molar-refractivity contribution in [2.45, 2.75) is 32.5 Å². The van der Waals surface area contributed by atoms with Crippen LogP contribution in [0.2, 0.25) is 10.0 Å². The average molecular weight is 698 g/mol. The summed E-state index contributed by atoms with van der Waals surface area (Å²) in [6.07, 6.45) is 0.942. The number of halogens is 2. The fraction of sp³-hybridized carbons (Fsp3) is 0.176. The van der Waals surface area contributed by atoms with Gasteiger partial charge in [0.25, 0.3) is 21.8 Å². The molecule has 0 saturated heterocycles. The molecular formula is C34H30Cl2N2O8S. The SMILES string of the molecule is CCCc1cc(C(=O)NOCc2ccccc2)ccc1OC(C(=O)NS(=O)(=O)/C=C/c1c(Cl)cccc1Cl)c1ccc2c(c1)OCO2. The number of sulfonamides is 1. The Hall–Kier alpha value is -4.55. The lowest BCUT2D eigenvalue weighted by Gasteiger charge is -2.21. The highest BCUT2D eigenvalue weighted by molar-refractivity contribution is 7.93. The van der Waals surface area contributed by atoms with Crippen LogP contribution in [0, 0.1) is 0 Å². The smallest absolute Gasteiger partial charge is 0.279 e. The number of nitrogens with one attached hydrogen (secondary N) is 2. The van der Waals surface area contributed by atoms with E-state index in [2.05, 4.69) is 10.2 Å². The first-order valence-electron chi connectivity index (χ1n) is 14.5. The van der Waals surface area contributed by atoms with Crippen molar-refractivity contribution in [3.05, 3.63) is 128 Å². The number of hydrogen-bond donors (Lipinski definition) is 2. The van der Waals surface area contributed by atoms with Crippen LogP contribution in [0.25, 0.3) is 6.08 Å². The van der Waals surface area contributed by atoms with E-state index in [0.717, 1.165) is 11.0 Å². The van der Waals surface area contributed by atoms with Crippen molar-refractivity contribution in [1.29, 1.82) is 0 Å². The van der Waals surface area contributed by atoms with Crippen LogP contribution in [0.3, 0.4) is 0 Å². The van der Waals surface area contributed by atoms with Crippen molar-refractivity contribution in [3.8, 4) is 17.2 Å². The number of fused-ring (bicyclic) bond motifs is 1. The minimum Gasteiger partial charge on any atom is -0.475 e. The molecule has 4 aromatic rings. The van der Waals surface area contributed by atoms with Gasteiger partial charge in [-0.05, 0) is 66.1 Å². The molecule has 2 amide bonds. The Morgan fingerprint density at radius 3 is 2.43 bits per heavy atom. The minimum atomic E-state index is -4.34. The molecule has 1 aliphatic rings. The van der Waals surface area contributed by atoms with Crippen molar-refractivity contribution in [3.63, 3.8) is 0 Å². The highest BCUT2D eigenvalue weighted by atomic mass is 35.5. The molecule has 13 heteroatoms. The first kappa shape index (κ1) is 33.8. The summed E-state index contributed by atoms with van der Waals surface area (Å²) in [4.78, 5) is 31.9. The van der Waals surface area contributed by atoms with Crippen LogP contribution in [0.1, 0.15) is 52.1 Å². The van der Waals surface area contributed by atoms with Gasteiger partial charge in [-0.1, -0.05) is 79.0 Å². The molecule has 47 heavy (non-hydrogen) atoms. The van der Waals surface area contributed by atoms with Crippen molar-refractivity contribution in [2.75, 3.05) is 6.79 Å². The number of carbonyl (C=O) groups is 2. The molecule has 1 unspecified atom stereocenters. The summed E-state index contributed by atoms with van der Waals surface area (Å²) in [6.45, 7) is 2.14. The van der Waals surface area contributed by atoms with Crippen LogP contribution in [-0.4, -0.2) is 27.0 Å². The van der Waals surface area contributed by atoms with E-state index in [1.165, 1.54) is 12.1 Å². The summed E-state index contributed by atoms with van der Waals surface area (Å²) in [5, 5.41) is 1.27. The molecule has 0 spiro atoms. The van der Waals surface area contributed by atoms with E-state index >= 15 is 0 Å². The summed E-state index contributed by atoms with van der Waals surface area (Å²) in [5.41, 5.74) is 4.84. The van der Waals surface area contributed by atoms with Gasteiger partial charge in [0.1, 0.15) is 5.75 Å². The maximum absolute atomic E-state index is 13.6. The number of benzene rings is 4. The second kappa shape index (κ2) is 15.4. The van der Waals surface area contributed by atoms with Crippen molar-refractivity contribution in [1.82, 2.24) is 10.2 Å². The lowest BCUT2D eigenvalue weighted by molar-refractivity contribution is -0.126. The number of amides is 2. The first-order chi connectivity index (χ1) is 22.6. The van der Waals surface area contributed by atoms with Gasteiger partial charge < -0.3 is 14.2 Å². The molecule has 4 aromatic carbocycles. The number of ether oxygens (including phenoxy) is 3. The zero-order valence-electron chi connectivity index (χ0n) is 25.1. The molecule has 0 aliphatic carbocycles. The maximum Gasteiger partial charge on any atom is 0.279 e. The quantitative estimate of drug-likeness (QED) is 0.147. The Morgan fingerprint density at radius 2 is 1.68 bits per heavy atom. The second-order valence-corrected chi connectivity index (χ2v) is 12.7. The Morgan fingerprint density at radius 1 is 0.936 bits per heavy atom. The van der Waals surface area contributed by atoms with E-state index in [0.29, 0.717) is 41.0 Å². The highest BCUT2D eigenvalue weighted by Crippen LogP contribution is 2.36. The fourth-order valence-electron chi connectivity index (χ4n) is 4.65. The number of aryl methyl sites for hydroxylation is 1. The van der Waals surface area contributed by atoms with Gasteiger partial charge in [0.05, 0.1) is 12.0 Å². The van der Waals surface area contributed by atoms with E-state index in [1.807, 2.05) is 37.3 Å². The summed E-state index contributed by atoms with van der Waals surface area (Å²) >= 11 is 12.3. The van der Waals surface area contributed by atoms with Gasteiger partial charge >= 0.3 is 0 Å². The van der Waals surface area contributed by atoms with Crippen LogP contribution in [-0.2, 0) is 32.7 Å². The largest absolute Gasteiger partial charge is 0.475 e. The molecule has 0 fully saturated rings. The van der Waals surface area contributed by atoms with Gasteiger partial charge in [0.2, 0.25) is 12.9 Å². The Kier molecular flexibility index (Phi) is 11.0. The third-order valence-electron chi connectivity index (χ3n) is 6.93. The van der Waals surface area contributed by atoms with E-state index < -0.39 is 27.9 Å². The van der Waals surface area contributed by atoms with Crippen LogP contribution in [0.15, 0.2) is 90.3 Å². The van der Waals surface area contributed by atoms with Crippen molar-refractivity contribution >= 4 is 51.1 Å². The molecule has 0 saturated carbocycles. The standard InChI is InChI=1S/C34H30Cl2N2O8S/c1-2-7-23-18-25(33(39)37-45-20-22-8-4-3-5-9-22)13-14-29(23)46-32(24-12-15-30-31(19-24)44-21-43-30)34(40)38-47(41,42)17-16-26-27(35)10-6-11-28(26)36/h3-6,8-19,32H,2,7,20-21H2,1H3,(H,37,39)(H,38,40)/b17-16+. The van der Waals surface area contributed by atoms with Gasteiger partial charge in [-0.3, -0.25) is 14.4 Å². The predicted octanol–water partition coefficient (Wildman–Crippen LogP) is 6.77. The minimum absolute atomic E-state index is 0.000473. The van der Waals surface area contributed by atoms with E-state index in [9.17, 15) is 18.0 Å². The highest BCUT2D eigenvalue weighted by Gasteiger charge is 2.29. The predicted molar refractivity (Wildman–Crippen MR) is 178 cm³/mol. The summed E-state index contributed by atoms with van der Waals surface area (Å²) < 4.78 is 45.2. The summed E-state index contributed by atoms with van der Waals surface area (Å²) in [6, 6.07) is 23.6. The molecule has 2 N–H and O–H groups in total. The third-order valence-corrected chi connectivity index (χ3v) is 8.57. The van der Waals surface area contributed by atoms with Crippen LogP contribution in [0.4, 0.5) is 0 Å². The van der Waals surface area contributed by atoms with Crippen LogP contribution in [0.5, 0.6) is 17.2 Å². The van der Waals surface area contributed by atoms with E-state index in [1.54, 1.807) is 48.5 Å². The number of hydroxylamine groups is 1. The van der Waals surface area contributed by atoms with Crippen LogP contribution >= 0.6 is 23.2 Å². The molecular weight excluding hydrogens is 667 g/mol. The zero-order valence-corrected chi connectivity index (χ0v) is 27.4. The third kappa shape index (κ3) is 8.83. The van der Waals surface area contributed by atoms with Crippen molar-refractivity contribution in [2.24, 2.45) is 0 Å². The Bertz CT molecular complexity index is 1880. The van der Waals surface area contributed by atoms with Gasteiger partial charge in [-0.25, -0.2) is 18.6 Å². The van der Waals surface area contributed by atoms with E-state index in [4.69, 9.17) is 42.3 Å². The van der Waals surface area contributed by atoms with Crippen molar-refractivity contribution < 1.29 is 37.1 Å². The van der Waals surface area contributed by atoms with Gasteiger partial charge in [0, 0.05) is 26.7 Å². The van der Waals surface area contributed by atoms with Gasteiger partial charge in [0.15, 0.2) is 11.5 Å². The van der Waals surface area contributed by atoms with Gasteiger partial charge in [-0.2, -0.15) is 0 Å². The normalized spacial score (nSPS) is 12.9. The molecule has 5 rings (SSSR count). The maximum atomic E-state index is 13.6. The molecule has 0 bridgehead atoms. The molecule has 10 nitrogen and oxygen atoms in total. The number of rotatable bonds is 13. The summed E-state index contributed by atoms with van der Waals surface area (Å²) in [7, 11) is -4.34. The molecule has 244 valence electrons. The molecule has 1 heterocycles. The Balaban J connectivity index is 1.38. The first-order valence-corrected chi connectivity index (χ1v) is 16.8. The fourth-order valence-corrected chi connectivity index (χ4v) is 5.94. The second-order valence-electron chi connectivity index (χ2n) is 10.3.